The average Bonchev–Trinajstić information content (AvgIpc) is 3.14. The van der Waals surface area contributed by atoms with Crippen LogP contribution in [-0.4, -0.2) is 68.4 Å². The first-order chi connectivity index (χ1) is 22.9. The normalized spacial score (nSPS) is 11.8. The quantitative estimate of drug-likeness (QED) is 0.191. The van der Waals surface area contributed by atoms with Gasteiger partial charge in [0.1, 0.15) is 6.79 Å². The SMILES string of the molecule is C=O.CO.Cc1ccc(Cl)cc1.NCc1ccccc1CCC(=O)NCC(=O)N1CCN(c2ccccc2Nc2ccccc2)CC1. The number of nitrogens with one attached hydrogen (secondary N) is 2. The predicted octanol–water partition coefficient (Wildman–Crippen LogP) is 5.36. The summed E-state index contributed by atoms with van der Waals surface area (Å²) in [5.41, 5.74) is 12.3. The summed E-state index contributed by atoms with van der Waals surface area (Å²) in [7, 11) is 1.00. The molecule has 9 nitrogen and oxygen atoms in total. The van der Waals surface area contributed by atoms with Crippen molar-refractivity contribution in [3.63, 3.8) is 0 Å². The van der Waals surface area contributed by atoms with Crippen LogP contribution in [0.15, 0.2) is 103 Å². The molecule has 250 valence electrons. The molecule has 47 heavy (non-hydrogen) atoms. The highest BCUT2D eigenvalue weighted by Gasteiger charge is 2.23. The Balaban J connectivity index is 0.000000547. The second-order valence-corrected chi connectivity index (χ2v) is 10.9. The number of hydrogen-bond donors (Lipinski definition) is 4. The van der Waals surface area contributed by atoms with Gasteiger partial charge in [-0.15, -0.1) is 0 Å². The molecule has 5 rings (SSSR count). The van der Waals surface area contributed by atoms with Crippen molar-refractivity contribution in [2.45, 2.75) is 26.3 Å². The third kappa shape index (κ3) is 13.3. The average molecular weight is 660 g/mol. The number of anilines is 3. The summed E-state index contributed by atoms with van der Waals surface area (Å²) in [6.07, 6.45) is 0.950. The van der Waals surface area contributed by atoms with Crippen LogP contribution in [0.25, 0.3) is 0 Å². The van der Waals surface area contributed by atoms with E-state index in [1.807, 2.05) is 110 Å². The molecule has 1 fully saturated rings. The predicted molar refractivity (Wildman–Crippen MR) is 192 cm³/mol. The lowest BCUT2D eigenvalue weighted by Gasteiger charge is -2.37. The third-order valence-electron chi connectivity index (χ3n) is 7.34. The second-order valence-electron chi connectivity index (χ2n) is 10.4. The molecule has 0 spiro atoms. The van der Waals surface area contributed by atoms with Gasteiger partial charge in [0.15, 0.2) is 0 Å². The van der Waals surface area contributed by atoms with Crippen LogP contribution < -0.4 is 21.3 Å². The van der Waals surface area contributed by atoms with Gasteiger partial charge in [-0.1, -0.05) is 83.9 Å². The summed E-state index contributed by atoms with van der Waals surface area (Å²) in [5.74, 6) is -0.166. The smallest absolute Gasteiger partial charge is 0.242 e. The van der Waals surface area contributed by atoms with E-state index >= 15 is 0 Å². The molecule has 10 heteroatoms. The Bertz CT molecular complexity index is 1460. The number of nitrogens with zero attached hydrogens (tertiary/aromatic N) is 2. The lowest BCUT2D eigenvalue weighted by atomic mass is 10.0. The van der Waals surface area contributed by atoms with Gasteiger partial charge in [0.25, 0.3) is 0 Å². The van der Waals surface area contributed by atoms with Gasteiger partial charge in [-0.05, 0) is 60.9 Å². The van der Waals surface area contributed by atoms with Crippen molar-refractivity contribution in [2.75, 3.05) is 50.1 Å². The Kier molecular flexibility index (Phi) is 18.0. The molecule has 1 saturated heterocycles. The van der Waals surface area contributed by atoms with Gasteiger partial charge in [-0.2, -0.15) is 0 Å². The molecule has 0 bridgehead atoms. The Morgan fingerprint density at radius 2 is 1.38 bits per heavy atom. The topological polar surface area (TPSA) is 128 Å². The van der Waals surface area contributed by atoms with E-state index in [1.54, 1.807) is 0 Å². The summed E-state index contributed by atoms with van der Waals surface area (Å²) in [4.78, 5) is 37.1. The molecule has 1 aliphatic heterocycles. The number of halogens is 1. The number of hydrogen-bond acceptors (Lipinski definition) is 7. The Morgan fingerprint density at radius 1 is 0.809 bits per heavy atom. The van der Waals surface area contributed by atoms with Gasteiger partial charge in [0, 0.05) is 57.0 Å². The van der Waals surface area contributed by atoms with E-state index in [0.29, 0.717) is 32.5 Å². The minimum absolute atomic E-state index is 0.0313. The fourth-order valence-corrected chi connectivity index (χ4v) is 5.01. The highest BCUT2D eigenvalue weighted by molar-refractivity contribution is 6.30. The summed E-state index contributed by atoms with van der Waals surface area (Å²) in [6.45, 7) is 7.25. The lowest BCUT2D eigenvalue weighted by Crippen LogP contribution is -2.51. The van der Waals surface area contributed by atoms with E-state index in [9.17, 15) is 9.59 Å². The maximum absolute atomic E-state index is 12.7. The second kappa shape index (κ2) is 21.9. The molecular formula is C37H46ClN5O4. The van der Waals surface area contributed by atoms with Crippen LogP contribution in [-0.2, 0) is 27.3 Å². The van der Waals surface area contributed by atoms with E-state index in [1.165, 1.54) is 5.56 Å². The number of aliphatic hydroxyl groups is 1. The molecule has 2 amide bonds. The fraction of sp³-hybridized carbons (Fsp3) is 0.270. The van der Waals surface area contributed by atoms with Gasteiger partial charge in [-0.25, -0.2) is 0 Å². The minimum Gasteiger partial charge on any atom is -0.400 e. The lowest BCUT2D eigenvalue weighted by molar-refractivity contribution is -0.133. The number of para-hydroxylation sites is 3. The summed E-state index contributed by atoms with van der Waals surface area (Å²) in [6, 6.07) is 33.9. The van der Waals surface area contributed by atoms with Gasteiger partial charge >= 0.3 is 0 Å². The summed E-state index contributed by atoms with van der Waals surface area (Å²) in [5, 5.41) is 14.1. The van der Waals surface area contributed by atoms with Crippen LogP contribution >= 0.6 is 11.6 Å². The van der Waals surface area contributed by atoms with Gasteiger partial charge < -0.3 is 36.1 Å². The molecule has 1 aliphatic rings. The number of piperazine rings is 1. The third-order valence-corrected chi connectivity index (χ3v) is 7.59. The highest BCUT2D eigenvalue weighted by Crippen LogP contribution is 2.29. The van der Waals surface area contributed by atoms with Crippen LogP contribution in [0.3, 0.4) is 0 Å². The molecule has 4 aromatic carbocycles. The number of nitrogens with two attached hydrogens (primary N) is 1. The fourth-order valence-electron chi connectivity index (χ4n) is 4.89. The monoisotopic (exact) mass is 659 g/mol. The van der Waals surface area contributed by atoms with Crippen molar-refractivity contribution in [1.82, 2.24) is 10.2 Å². The van der Waals surface area contributed by atoms with Gasteiger partial charge in [0.2, 0.25) is 11.8 Å². The summed E-state index contributed by atoms with van der Waals surface area (Å²) >= 11 is 5.61. The Hall–Kier alpha value is -4.70. The molecule has 5 N–H and O–H groups in total. The van der Waals surface area contributed by atoms with E-state index < -0.39 is 0 Å². The Labute approximate surface area is 283 Å². The molecule has 0 aliphatic carbocycles. The first-order valence-electron chi connectivity index (χ1n) is 15.4. The molecule has 0 radical (unpaired) electrons. The van der Waals surface area contributed by atoms with Crippen molar-refractivity contribution >= 4 is 47.3 Å². The van der Waals surface area contributed by atoms with Crippen molar-refractivity contribution in [1.29, 1.82) is 0 Å². The molecule has 1 heterocycles. The number of benzene rings is 4. The zero-order valence-corrected chi connectivity index (χ0v) is 28.0. The number of carbonyl (C=O) groups excluding carboxylic acids is 3. The Morgan fingerprint density at radius 3 is 2.00 bits per heavy atom. The van der Waals surface area contributed by atoms with Crippen LogP contribution in [0.5, 0.6) is 0 Å². The molecule has 0 saturated carbocycles. The molecule has 4 aromatic rings. The number of aliphatic hydroxyl groups excluding tert-OH is 1. The number of rotatable bonds is 9. The van der Waals surface area contributed by atoms with Crippen molar-refractivity contribution in [3.05, 3.63) is 125 Å². The molecular weight excluding hydrogens is 614 g/mol. The van der Waals surface area contributed by atoms with Crippen LogP contribution in [0.1, 0.15) is 23.1 Å². The van der Waals surface area contributed by atoms with E-state index in [0.717, 1.165) is 53.4 Å². The van der Waals surface area contributed by atoms with Gasteiger partial charge in [0.05, 0.1) is 17.9 Å². The number of amides is 2. The minimum atomic E-state index is -0.121. The zero-order valence-electron chi connectivity index (χ0n) is 27.2. The van der Waals surface area contributed by atoms with E-state index in [4.69, 9.17) is 27.2 Å². The van der Waals surface area contributed by atoms with Gasteiger partial charge in [-0.3, -0.25) is 9.59 Å². The highest BCUT2D eigenvalue weighted by atomic mass is 35.5. The number of aryl methyl sites for hydroxylation is 2. The van der Waals surface area contributed by atoms with Crippen LogP contribution in [0, 0.1) is 6.92 Å². The van der Waals surface area contributed by atoms with Crippen molar-refractivity contribution in [2.24, 2.45) is 5.73 Å². The summed E-state index contributed by atoms with van der Waals surface area (Å²) < 4.78 is 0. The van der Waals surface area contributed by atoms with E-state index in [-0.39, 0.29) is 18.4 Å². The molecule has 0 atom stereocenters. The maximum atomic E-state index is 12.7. The largest absolute Gasteiger partial charge is 0.400 e. The van der Waals surface area contributed by atoms with Crippen molar-refractivity contribution in [3.8, 4) is 0 Å². The first kappa shape index (κ1) is 38.5. The molecule has 0 aromatic heterocycles. The van der Waals surface area contributed by atoms with Crippen LogP contribution in [0.2, 0.25) is 5.02 Å². The van der Waals surface area contributed by atoms with Crippen molar-refractivity contribution < 1.29 is 19.5 Å². The molecule has 0 unspecified atom stereocenters. The van der Waals surface area contributed by atoms with E-state index in [2.05, 4.69) is 27.7 Å². The first-order valence-corrected chi connectivity index (χ1v) is 15.7. The van der Waals surface area contributed by atoms with Crippen LogP contribution in [0.4, 0.5) is 17.1 Å². The zero-order chi connectivity index (χ0) is 34.4. The standard InChI is InChI=1S/C28H33N5O2.C7H7Cl.CH4O.CH2O/c29-20-23-9-5-4-8-22(23)14-15-27(34)30-21-28(35)33-18-16-32(17-19-33)26-13-7-6-12-25(26)31-24-10-2-1-3-11-24;1-6-2-4-7(8)5-3-6;2*1-2/h1-13,31H,14-21,29H2,(H,30,34);2-5H,1H3;2H,1H3;1H2. The maximum Gasteiger partial charge on any atom is 0.242 e. The number of carbonyl (C=O) groups is 3.